The van der Waals surface area contributed by atoms with Gasteiger partial charge in [0.05, 0.1) is 5.69 Å². The molecule has 2 N–H and O–H groups in total. The van der Waals surface area contributed by atoms with E-state index in [9.17, 15) is 0 Å². The van der Waals surface area contributed by atoms with Crippen molar-refractivity contribution in [3.05, 3.63) is 10.6 Å². The predicted molar refractivity (Wildman–Crippen MR) is 68.9 cm³/mol. The maximum absolute atomic E-state index is 5.72. The lowest BCUT2D eigenvalue weighted by molar-refractivity contribution is 0.845. The zero-order valence-corrected chi connectivity index (χ0v) is 10.7. The van der Waals surface area contributed by atoms with Crippen molar-refractivity contribution in [2.45, 2.75) is 19.9 Å². The second kappa shape index (κ2) is 5.18. The van der Waals surface area contributed by atoms with Gasteiger partial charge in [-0.05, 0) is 6.42 Å². The Kier molecular flexibility index (Phi) is 3.88. The molecular weight excluding hydrogens is 226 g/mol. The predicted octanol–water partition coefficient (Wildman–Crippen LogP) is 1.72. The molecule has 0 spiro atoms. The summed E-state index contributed by atoms with van der Waals surface area (Å²) in [5.74, 6) is 2.44. The van der Waals surface area contributed by atoms with E-state index < -0.39 is 0 Å². The van der Waals surface area contributed by atoms with Crippen LogP contribution in [0.1, 0.15) is 17.5 Å². The van der Waals surface area contributed by atoms with Crippen LogP contribution in [0.3, 0.4) is 0 Å². The van der Waals surface area contributed by atoms with E-state index in [0.717, 1.165) is 19.5 Å². The van der Waals surface area contributed by atoms with E-state index in [2.05, 4.69) is 16.8 Å². The highest BCUT2D eigenvalue weighted by atomic mass is 32.2. The number of hydrogen-bond acceptors (Lipinski definition) is 5. The van der Waals surface area contributed by atoms with Gasteiger partial charge in [0.2, 0.25) is 0 Å². The fourth-order valence-electron chi connectivity index (χ4n) is 1.70. The molecule has 1 aromatic heterocycles. The van der Waals surface area contributed by atoms with Crippen molar-refractivity contribution in [2.24, 2.45) is 5.73 Å². The molecule has 1 fully saturated rings. The quantitative estimate of drug-likeness (QED) is 0.878. The van der Waals surface area contributed by atoms with E-state index in [0.29, 0.717) is 6.54 Å². The largest absolute Gasteiger partial charge is 0.346 e. The molecule has 84 valence electrons. The van der Waals surface area contributed by atoms with Gasteiger partial charge in [0.1, 0.15) is 0 Å². The molecule has 3 nitrogen and oxygen atoms in total. The standard InChI is InChI=1S/C10H17N3S2/c1-2-8-9(7-11)15-10(12-8)13-3-5-14-6-4-13/h2-7,11H2,1H3. The first kappa shape index (κ1) is 11.2. The Labute approximate surface area is 99.1 Å². The van der Waals surface area contributed by atoms with Gasteiger partial charge >= 0.3 is 0 Å². The highest BCUT2D eigenvalue weighted by molar-refractivity contribution is 7.99. The fraction of sp³-hybridized carbons (Fsp3) is 0.700. The second-order valence-corrected chi connectivity index (χ2v) is 5.81. The minimum Gasteiger partial charge on any atom is -0.346 e. The lowest BCUT2D eigenvalue weighted by Crippen LogP contribution is -2.32. The zero-order chi connectivity index (χ0) is 10.7. The van der Waals surface area contributed by atoms with Gasteiger partial charge < -0.3 is 10.6 Å². The van der Waals surface area contributed by atoms with Gasteiger partial charge in [-0.1, -0.05) is 6.92 Å². The average Bonchev–Trinajstić information content (AvgIpc) is 2.73. The lowest BCUT2D eigenvalue weighted by Gasteiger charge is -2.25. The van der Waals surface area contributed by atoms with E-state index in [1.807, 2.05) is 11.8 Å². The van der Waals surface area contributed by atoms with E-state index >= 15 is 0 Å². The summed E-state index contributed by atoms with van der Waals surface area (Å²) < 4.78 is 0. The third-order valence-corrected chi connectivity index (χ3v) is 4.69. The first-order valence-electron chi connectivity index (χ1n) is 5.36. The molecule has 0 aromatic carbocycles. The van der Waals surface area contributed by atoms with Crippen molar-refractivity contribution >= 4 is 28.2 Å². The van der Waals surface area contributed by atoms with Crippen molar-refractivity contribution < 1.29 is 0 Å². The topological polar surface area (TPSA) is 42.2 Å². The summed E-state index contributed by atoms with van der Waals surface area (Å²) in [6.07, 6.45) is 0.992. The molecule has 0 saturated carbocycles. The second-order valence-electron chi connectivity index (χ2n) is 3.52. The third-order valence-electron chi connectivity index (χ3n) is 2.57. The van der Waals surface area contributed by atoms with Crippen LogP contribution in [-0.4, -0.2) is 29.6 Å². The van der Waals surface area contributed by atoms with Crippen LogP contribution in [0.25, 0.3) is 0 Å². The Hall–Kier alpha value is -0.260. The van der Waals surface area contributed by atoms with Gasteiger partial charge in [-0.2, -0.15) is 11.8 Å². The summed E-state index contributed by atoms with van der Waals surface area (Å²) in [6, 6.07) is 0. The average molecular weight is 243 g/mol. The van der Waals surface area contributed by atoms with Crippen LogP contribution < -0.4 is 10.6 Å². The Morgan fingerprint density at radius 1 is 1.40 bits per heavy atom. The van der Waals surface area contributed by atoms with Gasteiger partial charge in [0.25, 0.3) is 0 Å². The Bertz CT molecular complexity index is 297. The highest BCUT2D eigenvalue weighted by Gasteiger charge is 2.16. The monoisotopic (exact) mass is 243 g/mol. The summed E-state index contributed by atoms with van der Waals surface area (Å²) in [5, 5.41) is 1.17. The van der Waals surface area contributed by atoms with Gasteiger partial charge in [-0.25, -0.2) is 4.98 Å². The van der Waals surface area contributed by atoms with Crippen LogP contribution in [0, 0.1) is 0 Å². The smallest absolute Gasteiger partial charge is 0.185 e. The first-order valence-corrected chi connectivity index (χ1v) is 7.33. The minimum atomic E-state index is 0.628. The van der Waals surface area contributed by atoms with Crippen LogP contribution in [0.4, 0.5) is 5.13 Å². The Morgan fingerprint density at radius 3 is 2.67 bits per heavy atom. The third kappa shape index (κ3) is 2.46. The van der Waals surface area contributed by atoms with E-state index in [1.54, 1.807) is 11.3 Å². The van der Waals surface area contributed by atoms with Crippen molar-refractivity contribution in [3.63, 3.8) is 0 Å². The van der Waals surface area contributed by atoms with Gasteiger partial charge in [-0.3, -0.25) is 0 Å². The highest BCUT2D eigenvalue weighted by Crippen LogP contribution is 2.28. The number of aromatic nitrogens is 1. The molecule has 1 saturated heterocycles. The van der Waals surface area contributed by atoms with Crippen molar-refractivity contribution in [1.29, 1.82) is 0 Å². The fourth-order valence-corrected chi connectivity index (χ4v) is 3.68. The van der Waals surface area contributed by atoms with E-state index in [4.69, 9.17) is 5.73 Å². The molecule has 0 unspecified atom stereocenters. The Morgan fingerprint density at radius 2 is 2.13 bits per heavy atom. The Balaban J connectivity index is 2.16. The van der Waals surface area contributed by atoms with Gasteiger partial charge in [0.15, 0.2) is 5.13 Å². The molecule has 0 atom stereocenters. The maximum atomic E-state index is 5.72. The molecule has 15 heavy (non-hydrogen) atoms. The molecule has 2 rings (SSSR count). The van der Waals surface area contributed by atoms with Crippen molar-refractivity contribution in [2.75, 3.05) is 29.5 Å². The first-order chi connectivity index (χ1) is 7.35. The van der Waals surface area contributed by atoms with Crippen molar-refractivity contribution in [1.82, 2.24) is 4.98 Å². The number of nitrogens with two attached hydrogens (primary N) is 1. The molecule has 0 radical (unpaired) electrons. The number of thioether (sulfide) groups is 1. The van der Waals surface area contributed by atoms with Crippen molar-refractivity contribution in [3.8, 4) is 0 Å². The molecular formula is C10H17N3S2. The molecule has 5 heteroatoms. The normalized spacial score (nSPS) is 17.1. The minimum absolute atomic E-state index is 0.628. The lowest BCUT2D eigenvalue weighted by atomic mass is 10.3. The van der Waals surface area contributed by atoms with E-state index in [-0.39, 0.29) is 0 Å². The van der Waals surface area contributed by atoms with Crippen LogP contribution in [-0.2, 0) is 13.0 Å². The molecule has 1 aliphatic heterocycles. The number of hydrogen-bond donors (Lipinski definition) is 1. The maximum Gasteiger partial charge on any atom is 0.185 e. The summed E-state index contributed by atoms with van der Waals surface area (Å²) in [6.45, 7) is 5.03. The molecule has 1 aromatic rings. The number of thiazole rings is 1. The summed E-state index contributed by atoms with van der Waals surface area (Å²) in [4.78, 5) is 8.32. The molecule has 2 heterocycles. The number of anilines is 1. The van der Waals surface area contributed by atoms with Gasteiger partial charge in [-0.15, -0.1) is 11.3 Å². The van der Waals surface area contributed by atoms with Crippen LogP contribution in [0.15, 0.2) is 0 Å². The number of aryl methyl sites for hydroxylation is 1. The number of rotatable bonds is 3. The van der Waals surface area contributed by atoms with Gasteiger partial charge in [0, 0.05) is 36.0 Å². The summed E-state index contributed by atoms with van der Waals surface area (Å²) >= 11 is 3.80. The SMILES string of the molecule is CCc1nc(N2CCSCC2)sc1CN. The van der Waals surface area contributed by atoms with E-state index in [1.165, 1.54) is 27.2 Å². The molecule has 0 amide bonds. The van der Waals surface area contributed by atoms with Crippen LogP contribution in [0.2, 0.25) is 0 Å². The molecule has 1 aliphatic rings. The zero-order valence-electron chi connectivity index (χ0n) is 9.03. The molecule has 0 bridgehead atoms. The summed E-state index contributed by atoms with van der Waals surface area (Å²) in [5.41, 5.74) is 6.91. The van der Waals surface area contributed by atoms with Crippen LogP contribution in [0.5, 0.6) is 0 Å². The molecule has 0 aliphatic carbocycles. The van der Waals surface area contributed by atoms with Crippen LogP contribution >= 0.6 is 23.1 Å². The number of nitrogens with zero attached hydrogens (tertiary/aromatic N) is 2. The summed E-state index contributed by atoms with van der Waals surface area (Å²) in [7, 11) is 0.